The molecule has 2 aromatic rings. The van der Waals surface area contributed by atoms with Crippen molar-refractivity contribution >= 4 is 11.6 Å². The third-order valence-electron chi connectivity index (χ3n) is 2.80. The summed E-state index contributed by atoms with van der Waals surface area (Å²) in [5, 5.41) is 2.52. The van der Waals surface area contributed by atoms with E-state index in [2.05, 4.69) is 5.32 Å². The number of hydrogen-bond acceptors (Lipinski definition) is 2. The van der Waals surface area contributed by atoms with Crippen molar-refractivity contribution in [1.82, 2.24) is 0 Å². The molecule has 0 aliphatic heterocycles. The molecular formula is C15H13F2NO2. The van der Waals surface area contributed by atoms with Gasteiger partial charge in [-0.2, -0.15) is 0 Å². The second-order valence-electron chi connectivity index (χ2n) is 4.26. The normalized spacial score (nSPS) is 10.2. The molecule has 1 N–H and O–H groups in total. The predicted molar refractivity (Wildman–Crippen MR) is 72.0 cm³/mol. The van der Waals surface area contributed by atoms with E-state index in [9.17, 15) is 13.6 Å². The fraction of sp³-hybridized carbons (Fsp3) is 0.133. The molecule has 0 fully saturated rings. The van der Waals surface area contributed by atoms with E-state index in [4.69, 9.17) is 4.74 Å². The number of nitrogens with one attached hydrogen (secondary N) is 1. The fourth-order valence-electron chi connectivity index (χ4n) is 1.79. The van der Waals surface area contributed by atoms with E-state index in [1.807, 2.05) is 13.0 Å². The van der Waals surface area contributed by atoms with Crippen molar-refractivity contribution in [2.24, 2.45) is 0 Å². The van der Waals surface area contributed by atoms with Crippen molar-refractivity contribution in [2.75, 3.05) is 12.4 Å². The molecule has 0 saturated carbocycles. The van der Waals surface area contributed by atoms with Gasteiger partial charge in [0.05, 0.1) is 18.4 Å². The number of rotatable bonds is 3. The van der Waals surface area contributed by atoms with E-state index in [0.29, 0.717) is 11.4 Å². The number of halogens is 2. The van der Waals surface area contributed by atoms with E-state index in [1.165, 1.54) is 19.2 Å². The highest BCUT2D eigenvalue weighted by molar-refractivity contribution is 6.05. The third-order valence-corrected chi connectivity index (χ3v) is 2.80. The average molecular weight is 277 g/mol. The second-order valence-corrected chi connectivity index (χ2v) is 4.26. The van der Waals surface area contributed by atoms with Crippen LogP contribution in [0.15, 0.2) is 36.4 Å². The van der Waals surface area contributed by atoms with Crippen molar-refractivity contribution in [3.63, 3.8) is 0 Å². The number of carbonyl (C=O) groups excluding carboxylic acids is 1. The maximum absolute atomic E-state index is 13.5. The highest BCUT2D eigenvalue weighted by Gasteiger charge is 2.16. The van der Waals surface area contributed by atoms with Crippen LogP contribution in [0.25, 0.3) is 0 Å². The Morgan fingerprint density at radius 3 is 2.65 bits per heavy atom. The van der Waals surface area contributed by atoms with Crippen LogP contribution in [-0.2, 0) is 0 Å². The average Bonchev–Trinajstić information content (AvgIpc) is 2.42. The van der Waals surface area contributed by atoms with Crippen LogP contribution in [0, 0.1) is 18.6 Å². The molecule has 0 bridgehead atoms. The lowest BCUT2D eigenvalue weighted by molar-refractivity contribution is 0.102. The Morgan fingerprint density at radius 2 is 1.95 bits per heavy atom. The molecule has 0 aliphatic carbocycles. The standard InChI is InChI=1S/C15H13F2NO2/c1-9-6-7-13(20-2)12(8-9)18-15(19)10-4-3-5-11(16)14(10)17/h3-8H,1-2H3,(H,18,19). The number of aryl methyl sites for hydroxylation is 1. The summed E-state index contributed by atoms with van der Waals surface area (Å²) in [6.07, 6.45) is 0. The van der Waals surface area contributed by atoms with Crippen LogP contribution < -0.4 is 10.1 Å². The number of hydrogen-bond donors (Lipinski definition) is 1. The van der Waals surface area contributed by atoms with E-state index in [-0.39, 0.29) is 5.56 Å². The molecule has 0 atom stereocenters. The Balaban J connectivity index is 2.32. The summed E-state index contributed by atoms with van der Waals surface area (Å²) in [6.45, 7) is 1.85. The van der Waals surface area contributed by atoms with E-state index >= 15 is 0 Å². The van der Waals surface area contributed by atoms with Gasteiger partial charge in [0, 0.05) is 0 Å². The lowest BCUT2D eigenvalue weighted by Gasteiger charge is -2.11. The minimum absolute atomic E-state index is 0.353. The van der Waals surface area contributed by atoms with Gasteiger partial charge in [-0.3, -0.25) is 4.79 Å². The summed E-state index contributed by atoms with van der Waals surface area (Å²) in [4.78, 5) is 12.0. The molecule has 3 nitrogen and oxygen atoms in total. The maximum Gasteiger partial charge on any atom is 0.258 e. The summed E-state index contributed by atoms with van der Waals surface area (Å²) in [7, 11) is 1.46. The van der Waals surface area contributed by atoms with Crippen molar-refractivity contribution < 1.29 is 18.3 Å². The first kappa shape index (κ1) is 14.0. The maximum atomic E-state index is 13.5. The zero-order valence-corrected chi connectivity index (χ0v) is 11.0. The number of carbonyl (C=O) groups is 1. The smallest absolute Gasteiger partial charge is 0.258 e. The van der Waals surface area contributed by atoms with Crippen LogP contribution in [0.1, 0.15) is 15.9 Å². The van der Waals surface area contributed by atoms with Gasteiger partial charge in [0.15, 0.2) is 11.6 Å². The van der Waals surface area contributed by atoms with E-state index in [1.54, 1.807) is 12.1 Å². The van der Waals surface area contributed by atoms with Gasteiger partial charge in [0.2, 0.25) is 0 Å². The second kappa shape index (κ2) is 5.69. The molecule has 5 heteroatoms. The Hall–Kier alpha value is -2.43. The third kappa shape index (κ3) is 2.77. The molecule has 0 aromatic heterocycles. The SMILES string of the molecule is COc1ccc(C)cc1NC(=O)c1cccc(F)c1F. The van der Waals surface area contributed by atoms with Crippen molar-refractivity contribution in [3.05, 3.63) is 59.2 Å². The van der Waals surface area contributed by atoms with Crippen molar-refractivity contribution in [2.45, 2.75) is 6.92 Å². The molecule has 2 aromatic carbocycles. The van der Waals surface area contributed by atoms with Crippen molar-refractivity contribution in [3.8, 4) is 5.75 Å². The quantitative estimate of drug-likeness (QED) is 0.932. The molecule has 2 rings (SSSR count). The van der Waals surface area contributed by atoms with Crippen LogP contribution in [0.2, 0.25) is 0 Å². The predicted octanol–water partition coefficient (Wildman–Crippen LogP) is 3.53. The summed E-state index contributed by atoms with van der Waals surface area (Å²) in [5.41, 5.74) is 0.954. The topological polar surface area (TPSA) is 38.3 Å². The first-order valence-corrected chi connectivity index (χ1v) is 5.93. The van der Waals surface area contributed by atoms with Gasteiger partial charge in [-0.05, 0) is 36.8 Å². The molecule has 0 heterocycles. The van der Waals surface area contributed by atoms with Gasteiger partial charge < -0.3 is 10.1 Å². The first-order chi connectivity index (χ1) is 9.52. The summed E-state index contributed by atoms with van der Waals surface area (Å²) < 4.78 is 31.8. The molecule has 0 aliphatic rings. The molecule has 0 radical (unpaired) electrons. The molecule has 0 spiro atoms. The molecule has 0 unspecified atom stereocenters. The first-order valence-electron chi connectivity index (χ1n) is 5.93. The Bertz CT molecular complexity index is 656. The number of methoxy groups -OCH3 is 1. The minimum Gasteiger partial charge on any atom is -0.495 e. The highest BCUT2D eigenvalue weighted by atomic mass is 19.2. The Labute approximate surface area is 115 Å². The largest absolute Gasteiger partial charge is 0.495 e. The Kier molecular flexibility index (Phi) is 3.98. The zero-order chi connectivity index (χ0) is 14.7. The molecule has 0 saturated heterocycles. The number of amides is 1. The molecular weight excluding hydrogens is 264 g/mol. The molecule has 104 valence electrons. The van der Waals surface area contributed by atoms with Crippen LogP contribution in [0.3, 0.4) is 0 Å². The number of benzene rings is 2. The molecule has 20 heavy (non-hydrogen) atoms. The monoisotopic (exact) mass is 277 g/mol. The van der Waals surface area contributed by atoms with Gasteiger partial charge in [-0.1, -0.05) is 12.1 Å². The highest BCUT2D eigenvalue weighted by Crippen LogP contribution is 2.26. The molecule has 1 amide bonds. The minimum atomic E-state index is -1.17. The number of ether oxygens (including phenoxy) is 1. The van der Waals surface area contributed by atoms with Gasteiger partial charge in [0.25, 0.3) is 5.91 Å². The zero-order valence-electron chi connectivity index (χ0n) is 11.0. The summed E-state index contributed by atoms with van der Waals surface area (Å²) >= 11 is 0. The van der Waals surface area contributed by atoms with Crippen LogP contribution in [-0.4, -0.2) is 13.0 Å². The lowest BCUT2D eigenvalue weighted by Crippen LogP contribution is -2.15. The van der Waals surface area contributed by atoms with Gasteiger partial charge in [-0.15, -0.1) is 0 Å². The summed E-state index contributed by atoms with van der Waals surface area (Å²) in [5.74, 6) is -2.52. The van der Waals surface area contributed by atoms with Crippen LogP contribution >= 0.6 is 0 Å². The van der Waals surface area contributed by atoms with Gasteiger partial charge >= 0.3 is 0 Å². The number of anilines is 1. The van der Waals surface area contributed by atoms with Crippen LogP contribution in [0.4, 0.5) is 14.5 Å². The van der Waals surface area contributed by atoms with Crippen molar-refractivity contribution in [1.29, 1.82) is 0 Å². The van der Waals surface area contributed by atoms with Gasteiger partial charge in [0.1, 0.15) is 5.75 Å². The summed E-state index contributed by atoms with van der Waals surface area (Å²) in [6, 6.07) is 8.65. The Morgan fingerprint density at radius 1 is 1.20 bits per heavy atom. The van der Waals surface area contributed by atoms with Crippen LogP contribution in [0.5, 0.6) is 5.75 Å². The van der Waals surface area contributed by atoms with E-state index in [0.717, 1.165) is 11.6 Å². The lowest BCUT2D eigenvalue weighted by atomic mass is 10.1. The van der Waals surface area contributed by atoms with E-state index < -0.39 is 17.5 Å². The fourth-order valence-corrected chi connectivity index (χ4v) is 1.79. The van der Waals surface area contributed by atoms with Gasteiger partial charge in [-0.25, -0.2) is 8.78 Å².